The van der Waals surface area contributed by atoms with Crippen LogP contribution in [0.2, 0.25) is 0 Å². The third-order valence-corrected chi connectivity index (χ3v) is 4.28. The number of carbonyl (C=O) groups excluding carboxylic acids is 2. The lowest BCUT2D eigenvalue weighted by molar-refractivity contribution is -0.136. The van der Waals surface area contributed by atoms with Crippen molar-refractivity contribution in [2.45, 2.75) is 72.0 Å². The first-order valence-electron chi connectivity index (χ1n) is 9.61. The summed E-state index contributed by atoms with van der Waals surface area (Å²) in [4.78, 5) is 25.0. The van der Waals surface area contributed by atoms with Gasteiger partial charge in [-0.25, -0.2) is 4.79 Å². The molecule has 1 rings (SSSR count). The van der Waals surface area contributed by atoms with Gasteiger partial charge in [-0.15, -0.1) is 0 Å². The summed E-state index contributed by atoms with van der Waals surface area (Å²) in [6, 6.07) is 4.96. The highest BCUT2D eigenvalue weighted by Gasteiger charge is 2.32. The number of hydrogen-bond donors (Lipinski definition) is 1. The second-order valence-corrected chi connectivity index (χ2v) is 6.94. The third kappa shape index (κ3) is 6.86. The summed E-state index contributed by atoms with van der Waals surface area (Å²) in [6.45, 7) is 9.65. The smallest absolute Gasteiger partial charge is 0.341 e. The van der Waals surface area contributed by atoms with Gasteiger partial charge in [0.15, 0.2) is 0 Å². The van der Waals surface area contributed by atoms with Gasteiger partial charge in [-0.05, 0) is 52.3 Å². The van der Waals surface area contributed by atoms with Crippen molar-refractivity contribution in [1.82, 2.24) is 0 Å². The zero-order valence-corrected chi connectivity index (χ0v) is 17.4. The van der Waals surface area contributed by atoms with Crippen LogP contribution in [0.4, 0.5) is 5.69 Å². The van der Waals surface area contributed by atoms with Crippen molar-refractivity contribution in [3.63, 3.8) is 0 Å². The van der Waals surface area contributed by atoms with Crippen LogP contribution < -0.4 is 10.1 Å². The van der Waals surface area contributed by atoms with E-state index in [9.17, 15) is 9.59 Å². The average Bonchev–Trinajstić information content (AvgIpc) is 2.62. The molecule has 0 saturated heterocycles. The van der Waals surface area contributed by atoms with Crippen molar-refractivity contribution in [1.29, 1.82) is 0 Å². The molecule has 1 amide bonds. The molecule has 6 heteroatoms. The molecule has 1 aromatic carbocycles. The lowest BCUT2D eigenvalue weighted by atomic mass is 9.96. The SMILES string of the molecule is CCCCC[C@@](C)(OC)C(=O)Nc1ccc(OC(C)C)c(C(=O)OCC)c1. The molecule has 0 saturated carbocycles. The van der Waals surface area contributed by atoms with E-state index in [1.807, 2.05) is 13.8 Å². The van der Waals surface area contributed by atoms with E-state index >= 15 is 0 Å². The Bertz CT molecular complexity index is 629. The van der Waals surface area contributed by atoms with Crippen LogP contribution in [0.25, 0.3) is 0 Å². The van der Waals surface area contributed by atoms with Gasteiger partial charge in [0.2, 0.25) is 0 Å². The van der Waals surface area contributed by atoms with Gasteiger partial charge in [0, 0.05) is 12.8 Å². The number of methoxy groups -OCH3 is 1. The maximum atomic E-state index is 12.7. The van der Waals surface area contributed by atoms with E-state index in [0.29, 0.717) is 17.9 Å². The minimum absolute atomic E-state index is 0.0889. The van der Waals surface area contributed by atoms with Crippen molar-refractivity contribution < 1.29 is 23.8 Å². The van der Waals surface area contributed by atoms with Crippen LogP contribution in [-0.2, 0) is 14.3 Å². The normalized spacial score (nSPS) is 13.1. The average molecular weight is 379 g/mol. The molecule has 0 radical (unpaired) electrons. The molecule has 6 nitrogen and oxygen atoms in total. The highest BCUT2D eigenvalue weighted by atomic mass is 16.5. The Balaban J connectivity index is 3.03. The van der Waals surface area contributed by atoms with Crippen LogP contribution in [0.3, 0.4) is 0 Å². The molecule has 0 aliphatic carbocycles. The Morgan fingerprint density at radius 3 is 2.44 bits per heavy atom. The first-order valence-corrected chi connectivity index (χ1v) is 9.61. The quantitative estimate of drug-likeness (QED) is 0.450. The number of hydrogen-bond acceptors (Lipinski definition) is 5. The second-order valence-electron chi connectivity index (χ2n) is 6.94. The van der Waals surface area contributed by atoms with Crippen LogP contribution >= 0.6 is 0 Å². The van der Waals surface area contributed by atoms with Gasteiger partial charge in [0.1, 0.15) is 16.9 Å². The number of ether oxygens (including phenoxy) is 3. The highest BCUT2D eigenvalue weighted by molar-refractivity contribution is 5.99. The van der Waals surface area contributed by atoms with Crippen LogP contribution in [0.15, 0.2) is 18.2 Å². The molecular weight excluding hydrogens is 346 g/mol. The van der Waals surface area contributed by atoms with Crippen LogP contribution in [-0.4, -0.2) is 37.3 Å². The van der Waals surface area contributed by atoms with E-state index in [4.69, 9.17) is 14.2 Å². The highest BCUT2D eigenvalue weighted by Crippen LogP contribution is 2.27. The van der Waals surface area contributed by atoms with E-state index in [-0.39, 0.29) is 24.2 Å². The van der Waals surface area contributed by atoms with Crippen molar-refractivity contribution in [3.8, 4) is 5.75 Å². The largest absolute Gasteiger partial charge is 0.490 e. The number of amides is 1. The molecule has 0 fully saturated rings. The Morgan fingerprint density at radius 1 is 1.19 bits per heavy atom. The van der Waals surface area contributed by atoms with Gasteiger partial charge in [0.05, 0.1) is 12.7 Å². The Labute approximate surface area is 162 Å². The van der Waals surface area contributed by atoms with Gasteiger partial charge < -0.3 is 19.5 Å². The summed E-state index contributed by atoms with van der Waals surface area (Å²) in [7, 11) is 1.54. The maximum absolute atomic E-state index is 12.7. The van der Waals surface area contributed by atoms with Gasteiger partial charge in [-0.2, -0.15) is 0 Å². The topological polar surface area (TPSA) is 73.9 Å². The molecule has 0 unspecified atom stereocenters. The summed E-state index contributed by atoms with van der Waals surface area (Å²) < 4.78 is 16.3. The lowest BCUT2D eigenvalue weighted by Gasteiger charge is -2.27. The summed E-state index contributed by atoms with van der Waals surface area (Å²) in [5.74, 6) is -0.297. The number of unbranched alkanes of at least 4 members (excludes halogenated alkanes) is 2. The van der Waals surface area contributed by atoms with E-state index in [1.54, 1.807) is 32.0 Å². The maximum Gasteiger partial charge on any atom is 0.341 e. The first kappa shape index (κ1) is 23.0. The number of nitrogens with one attached hydrogen (secondary N) is 1. The Kier molecular flexibility index (Phi) is 9.29. The molecule has 152 valence electrons. The van der Waals surface area contributed by atoms with E-state index in [2.05, 4.69) is 12.2 Å². The van der Waals surface area contributed by atoms with Crippen molar-refractivity contribution >= 4 is 17.6 Å². The molecule has 1 atom stereocenters. The van der Waals surface area contributed by atoms with E-state index in [1.165, 1.54) is 7.11 Å². The summed E-state index contributed by atoms with van der Waals surface area (Å²) in [5, 5.41) is 2.85. The molecule has 0 heterocycles. The van der Waals surface area contributed by atoms with E-state index in [0.717, 1.165) is 19.3 Å². The van der Waals surface area contributed by atoms with Crippen LogP contribution in [0.5, 0.6) is 5.75 Å². The molecule has 0 aromatic heterocycles. The van der Waals surface area contributed by atoms with Crippen molar-refractivity contribution in [3.05, 3.63) is 23.8 Å². The van der Waals surface area contributed by atoms with Gasteiger partial charge in [-0.1, -0.05) is 26.2 Å². The van der Waals surface area contributed by atoms with E-state index < -0.39 is 11.6 Å². The van der Waals surface area contributed by atoms with Crippen LogP contribution in [0, 0.1) is 0 Å². The fourth-order valence-corrected chi connectivity index (χ4v) is 2.62. The molecule has 0 bridgehead atoms. The van der Waals surface area contributed by atoms with Gasteiger partial charge in [-0.3, -0.25) is 4.79 Å². The number of anilines is 1. The fourth-order valence-electron chi connectivity index (χ4n) is 2.62. The summed E-state index contributed by atoms with van der Waals surface area (Å²) in [5.41, 5.74) is -0.141. The molecule has 0 aliphatic heterocycles. The minimum atomic E-state index is -0.924. The first-order chi connectivity index (χ1) is 12.8. The monoisotopic (exact) mass is 379 g/mol. The molecule has 0 spiro atoms. The number of carbonyl (C=O) groups is 2. The molecule has 1 aromatic rings. The van der Waals surface area contributed by atoms with Crippen LogP contribution in [0.1, 0.15) is 70.7 Å². The molecule has 27 heavy (non-hydrogen) atoms. The summed E-state index contributed by atoms with van der Waals surface area (Å²) in [6.07, 6.45) is 3.56. The Hall–Kier alpha value is -2.08. The second kappa shape index (κ2) is 10.9. The zero-order valence-electron chi connectivity index (χ0n) is 17.4. The number of rotatable bonds is 11. The number of esters is 1. The third-order valence-electron chi connectivity index (χ3n) is 4.28. The van der Waals surface area contributed by atoms with Crippen molar-refractivity contribution in [2.24, 2.45) is 0 Å². The lowest BCUT2D eigenvalue weighted by Crippen LogP contribution is -2.42. The zero-order chi connectivity index (χ0) is 20.4. The van der Waals surface area contributed by atoms with Gasteiger partial charge in [0.25, 0.3) is 5.91 Å². The standard InChI is InChI=1S/C21H33NO5/c1-7-9-10-13-21(5,25-6)20(24)22-16-11-12-18(27-15(3)4)17(14-16)19(23)26-8-2/h11-12,14-15H,7-10,13H2,1-6H3,(H,22,24)/t21-/m1/s1. The fraction of sp³-hybridized carbons (Fsp3) is 0.619. The Morgan fingerprint density at radius 2 is 1.89 bits per heavy atom. The van der Waals surface area contributed by atoms with Gasteiger partial charge >= 0.3 is 5.97 Å². The predicted octanol–water partition coefficient (Wildman–Crippen LogP) is 4.57. The number of benzene rings is 1. The molecular formula is C21H33NO5. The summed E-state index contributed by atoms with van der Waals surface area (Å²) >= 11 is 0. The van der Waals surface area contributed by atoms with Crippen molar-refractivity contribution in [2.75, 3.05) is 19.0 Å². The predicted molar refractivity (Wildman–Crippen MR) is 106 cm³/mol. The molecule has 0 aliphatic rings. The molecule has 1 N–H and O–H groups in total. The minimum Gasteiger partial charge on any atom is -0.490 e.